The number of benzene rings is 1. The van der Waals surface area contributed by atoms with Crippen LogP contribution in [0.15, 0.2) is 24.4 Å². The van der Waals surface area contributed by atoms with E-state index in [2.05, 4.69) is 21.4 Å². The second-order valence-corrected chi connectivity index (χ2v) is 4.24. The maximum atomic E-state index is 9.15. The minimum atomic E-state index is 0.175. The molecule has 1 aromatic carbocycles. The summed E-state index contributed by atoms with van der Waals surface area (Å²) in [6.07, 6.45) is 1.64. The lowest BCUT2D eigenvalue weighted by Crippen LogP contribution is -2.00. The van der Waals surface area contributed by atoms with Crippen molar-refractivity contribution in [2.45, 2.75) is 13.8 Å². The van der Waals surface area contributed by atoms with E-state index in [0.717, 1.165) is 16.8 Å². The molecule has 5 heteroatoms. The molecule has 2 rings (SSSR count). The molecule has 1 heterocycles. The summed E-state index contributed by atoms with van der Waals surface area (Å²) < 4.78 is 0. The Kier molecular flexibility index (Phi) is 3.45. The average molecular weight is 259 g/mol. The van der Waals surface area contributed by atoms with Crippen molar-refractivity contribution in [3.8, 4) is 6.07 Å². The highest BCUT2D eigenvalue weighted by atomic mass is 35.5. The standard InChI is InChI=1S/C13H11ClN4/c1-8-4-3-5-11(10(8)6-15)17-12-9(2)7-16-13(14)18-12/h3-5,7H,1-2H3,(H,16,17,18). The first kappa shape index (κ1) is 12.3. The molecule has 18 heavy (non-hydrogen) atoms. The quantitative estimate of drug-likeness (QED) is 0.839. The number of nitriles is 1. The van der Waals surface area contributed by atoms with Gasteiger partial charge in [-0.25, -0.2) is 9.97 Å². The molecule has 0 saturated heterocycles. The summed E-state index contributed by atoms with van der Waals surface area (Å²) in [5.41, 5.74) is 3.10. The van der Waals surface area contributed by atoms with E-state index in [4.69, 9.17) is 16.9 Å². The van der Waals surface area contributed by atoms with Gasteiger partial charge in [0.15, 0.2) is 0 Å². The Bertz CT molecular complexity index is 631. The largest absolute Gasteiger partial charge is 0.339 e. The van der Waals surface area contributed by atoms with Gasteiger partial charge < -0.3 is 5.32 Å². The second kappa shape index (κ2) is 5.03. The molecule has 4 nitrogen and oxygen atoms in total. The van der Waals surface area contributed by atoms with E-state index < -0.39 is 0 Å². The van der Waals surface area contributed by atoms with Crippen molar-refractivity contribution in [1.29, 1.82) is 5.26 Å². The van der Waals surface area contributed by atoms with Gasteiger partial charge in [-0.1, -0.05) is 12.1 Å². The van der Waals surface area contributed by atoms with Crippen LogP contribution in [0.4, 0.5) is 11.5 Å². The maximum absolute atomic E-state index is 9.15. The Balaban J connectivity index is 2.44. The number of aromatic nitrogens is 2. The van der Waals surface area contributed by atoms with Crippen LogP contribution < -0.4 is 5.32 Å². The number of nitrogens with zero attached hydrogens (tertiary/aromatic N) is 3. The molecule has 1 aromatic heterocycles. The van der Waals surface area contributed by atoms with Gasteiger partial charge in [-0.3, -0.25) is 0 Å². The van der Waals surface area contributed by atoms with E-state index in [1.807, 2.05) is 32.0 Å². The molecule has 0 aliphatic rings. The Hall–Kier alpha value is -2.12. The van der Waals surface area contributed by atoms with Crippen molar-refractivity contribution in [3.05, 3.63) is 46.4 Å². The molecule has 0 fully saturated rings. The zero-order chi connectivity index (χ0) is 13.1. The Morgan fingerprint density at radius 2 is 2.06 bits per heavy atom. The van der Waals surface area contributed by atoms with Crippen molar-refractivity contribution in [3.63, 3.8) is 0 Å². The van der Waals surface area contributed by atoms with Gasteiger partial charge in [0.05, 0.1) is 11.3 Å². The fourth-order valence-electron chi connectivity index (χ4n) is 1.59. The van der Waals surface area contributed by atoms with Crippen LogP contribution in [0.3, 0.4) is 0 Å². The number of anilines is 2. The molecule has 0 aliphatic heterocycles. The fraction of sp³-hybridized carbons (Fsp3) is 0.154. The highest BCUT2D eigenvalue weighted by molar-refractivity contribution is 6.28. The first-order valence-electron chi connectivity index (χ1n) is 5.37. The molecule has 0 saturated carbocycles. The summed E-state index contributed by atoms with van der Waals surface area (Å²) in [6, 6.07) is 7.79. The lowest BCUT2D eigenvalue weighted by molar-refractivity contribution is 1.13. The summed E-state index contributed by atoms with van der Waals surface area (Å²) >= 11 is 5.76. The zero-order valence-corrected chi connectivity index (χ0v) is 10.8. The zero-order valence-electron chi connectivity index (χ0n) is 10.0. The molecule has 2 aromatic rings. The monoisotopic (exact) mass is 258 g/mol. The van der Waals surface area contributed by atoms with Crippen LogP contribution in [-0.4, -0.2) is 9.97 Å². The van der Waals surface area contributed by atoms with Crippen LogP contribution in [0.2, 0.25) is 5.28 Å². The van der Waals surface area contributed by atoms with Gasteiger partial charge in [0.2, 0.25) is 5.28 Å². The maximum Gasteiger partial charge on any atom is 0.224 e. The molecule has 1 N–H and O–H groups in total. The number of aryl methyl sites for hydroxylation is 2. The molecule has 0 unspecified atom stereocenters. The van der Waals surface area contributed by atoms with Crippen LogP contribution >= 0.6 is 11.6 Å². The Labute approximate surface area is 110 Å². The van der Waals surface area contributed by atoms with E-state index in [-0.39, 0.29) is 5.28 Å². The topological polar surface area (TPSA) is 61.6 Å². The van der Waals surface area contributed by atoms with Crippen LogP contribution in [0.5, 0.6) is 0 Å². The molecule has 0 bridgehead atoms. The van der Waals surface area contributed by atoms with E-state index in [9.17, 15) is 0 Å². The molecular weight excluding hydrogens is 248 g/mol. The van der Waals surface area contributed by atoms with Gasteiger partial charge in [0, 0.05) is 11.8 Å². The summed E-state index contributed by atoms with van der Waals surface area (Å²) in [5.74, 6) is 0.608. The van der Waals surface area contributed by atoms with Gasteiger partial charge in [-0.05, 0) is 37.1 Å². The third-order valence-electron chi connectivity index (χ3n) is 2.58. The third kappa shape index (κ3) is 2.41. The number of halogens is 1. The molecule has 90 valence electrons. The Morgan fingerprint density at radius 3 is 2.78 bits per heavy atom. The fourth-order valence-corrected chi connectivity index (χ4v) is 1.73. The van der Waals surface area contributed by atoms with E-state index in [1.54, 1.807) is 6.20 Å². The second-order valence-electron chi connectivity index (χ2n) is 3.90. The molecule has 0 aliphatic carbocycles. The van der Waals surface area contributed by atoms with Gasteiger partial charge in [0.25, 0.3) is 0 Å². The highest BCUT2D eigenvalue weighted by Crippen LogP contribution is 2.24. The first-order chi connectivity index (χ1) is 8.61. The van der Waals surface area contributed by atoms with Crippen molar-refractivity contribution in [2.75, 3.05) is 5.32 Å². The number of nitrogens with one attached hydrogen (secondary N) is 1. The minimum absolute atomic E-state index is 0.175. The molecule has 0 spiro atoms. The summed E-state index contributed by atoms with van der Waals surface area (Å²) in [4.78, 5) is 8.00. The smallest absolute Gasteiger partial charge is 0.224 e. The Morgan fingerprint density at radius 1 is 1.28 bits per heavy atom. The van der Waals surface area contributed by atoms with Gasteiger partial charge >= 0.3 is 0 Å². The van der Waals surface area contributed by atoms with Crippen molar-refractivity contribution in [1.82, 2.24) is 9.97 Å². The van der Waals surface area contributed by atoms with E-state index in [1.165, 1.54) is 0 Å². The van der Waals surface area contributed by atoms with Crippen molar-refractivity contribution in [2.24, 2.45) is 0 Å². The van der Waals surface area contributed by atoms with Crippen LogP contribution in [0, 0.1) is 25.2 Å². The van der Waals surface area contributed by atoms with Crippen LogP contribution in [0.1, 0.15) is 16.7 Å². The highest BCUT2D eigenvalue weighted by Gasteiger charge is 2.08. The van der Waals surface area contributed by atoms with Crippen LogP contribution in [-0.2, 0) is 0 Å². The number of rotatable bonds is 2. The molecular formula is C13H11ClN4. The van der Waals surface area contributed by atoms with Crippen molar-refractivity contribution >= 4 is 23.1 Å². The lowest BCUT2D eigenvalue weighted by atomic mass is 10.1. The third-order valence-corrected chi connectivity index (χ3v) is 2.76. The number of hydrogen-bond acceptors (Lipinski definition) is 4. The van der Waals surface area contributed by atoms with Crippen LogP contribution in [0.25, 0.3) is 0 Å². The molecule has 0 radical (unpaired) electrons. The molecule has 0 atom stereocenters. The molecule has 0 amide bonds. The predicted molar refractivity (Wildman–Crippen MR) is 71.0 cm³/mol. The van der Waals surface area contributed by atoms with Crippen molar-refractivity contribution < 1.29 is 0 Å². The van der Waals surface area contributed by atoms with E-state index in [0.29, 0.717) is 11.4 Å². The summed E-state index contributed by atoms with van der Waals surface area (Å²) in [5, 5.41) is 12.4. The minimum Gasteiger partial charge on any atom is -0.339 e. The summed E-state index contributed by atoms with van der Waals surface area (Å²) in [6.45, 7) is 3.77. The van der Waals surface area contributed by atoms with Gasteiger partial charge in [-0.2, -0.15) is 5.26 Å². The average Bonchev–Trinajstić information content (AvgIpc) is 2.34. The van der Waals surface area contributed by atoms with Gasteiger partial charge in [-0.15, -0.1) is 0 Å². The predicted octanol–water partition coefficient (Wildman–Crippen LogP) is 3.36. The van der Waals surface area contributed by atoms with E-state index >= 15 is 0 Å². The SMILES string of the molecule is Cc1cnc(Cl)nc1Nc1cccc(C)c1C#N. The summed E-state index contributed by atoms with van der Waals surface area (Å²) in [7, 11) is 0. The number of hydrogen-bond donors (Lipinski definition) is 1. The first-order valence-corrected chi connectivity index (χ1v) is 5.75. The normalized spacial score (nSPS) is 9.89. The lowest BCUT2D eigenvalue weighted by Gasteiger charge is -2.10. The van der Waals surface area contributed by atoms with Gasteiger partial charge in [0.1, 0.15) is 11.9 Å².